The molecule has 152 valence electrons. The zero-order valence-corrected chi connectivity index (χ0v) is 14.6. The molecule has 0 amide bonds. The Hall–Kier alpha value is -3.27. The molecule has 1 N–H and O–H groups in total. The number of rotatable bonds is 3. The van der Waals surface area contributed by atoms with Crippen molar-refractivity contribution in [1.29, 1.82) is 0 Å². The Morgan fingerprint density at radius 1 is 0.600 bits per heavy atom. The van der Waals surface area contributed by atoms with Gasteiger partial charge in [0, 0.05) is 10.8 Å². The van der Waals surface area contributed by atoms with E-state index in [4.69, 9.17) is 4.65 Å². The van der Waals surface area contributed by atoms with Crippen LogP contribution in [-0.4, -0.2) is 12.1 Å². The van der Waals surface area contributed by atoms with E-state index >= 15 is 0 Å². The van der Waals surface area contributed by atoms with Crippen molar-refractivity contribution in [2.24, 2.45) is 0 Å². The van der Waals surface area contributed by atoms with Crippen molar-refractivity contribution in [3.8, 4) is 5.75 Å². The molecule has 0 aliphatic heterocycles. The summed E-state index contributed by atoms with van der Waals surface area (Å²) in [5.41, 5.74) is -0.231. The highest BCUT2D eigenvalue weighted by atomic mass is 19.2. The van der Waals surface area contributed by atoms with E-state index in [1.54, 1.807) is 0 Å². The molecule has 30 heavy (non-hydrogen) atoms. The number of hydrogen-bond acceptors (Lipinski definition) is 2. The van der Waals surface area contributed by atoms with Crippen LogP contribution in [0.2, 0.25) is 0 Å². The maximum Gasteiger partial charge on any atom is 0.560 e. The predicted molar refractivity (Wildman–Crippen MR) is 95.8 cm³/mol. The summed E-state index contributed by atoms with van der Waals surface area (Å²) in [4.78, 5) is 0. The standard InChI is InChI=1S/C20H8BF7O2/c22-11-7-5-10(8-4-6-12(23)17(25)14(8)11)21(29)30-13-3-1-2-9-15(13)18(26)20(28)19(27)16(9)24/h1-7,29H. The first-order valence-corrected chi connectivity index (χ1v) is 8.37. The van der Waals surface area contributed by atoms with Crippen LogP contribution in [0.1, 0.15) is 0 Å². The molecule has 0 atom stereocenters. The lowest BCUT2D eigenvalue weighted by molar-refractivity contribution is 0.413. The summed E-state index contributed by atoms with van der Waals surface area (Å²) in [5, 5.41) is 8.00. The highest BCUT2D eigenvalue weighted by molar-refractivity contribution is 6.64. The van der Waals surface area contributed by atoms with Crippen molar-refractivity contribution in [2.45, 2.75) is 0 Å². The van der Waals surface area contributed by atoms with Crippen LogP contribution in [0.15, 0.2) is 42.5 Å². The Labute approximate surface area is 164 Å². The van der Waals surface area contributed by atoms with Gasteiger partial charge >= 0.3 is 7.12 Å². The van der Waals surface area contributed by atoms with Crippen molar-refractivity contribution in [1.82, 2.24) is 0 Å². The molecule has 0 saturated heterocycles. The van der Waals surface area contributed by atoms with Crippen molar-refractivity contribution < 1.29 is 40.4 Å². The van der Waals surface area contributed by atoms with E-state index in [2.05, 4.69) is 0 Å². The lowest BCUT2D eigenvalue weighted by Gasteiger charge is -2.16. The van der Waals surface area contributed by atoms with Gasteiger partial charge in [-0.05, 0) is 23.6 Å². The first kappa shape index (κ1) is 20.0. The minimum absolute atomic E-state index is 0.231. The van der Waals surface area contributed by atoms with Gasteiger partial charge in [-0.15, -0.1) is 0 Å². The fourth-order valence-corrected chi connectivity index (χ4v) is 3.22. The summed E-state index contributed by atoms with van der Waals surface area (Å²) in [7, 11) is -2.00. The summed E-state index contributed by atoms with van der Waals surface area (Å²) < 4.78 is 102. The molecule has 2 nitrogen and oxygen atoms in total. The van der Waals surface area contributed by atoms with Crippen LogP contribution < -0.4 is 10.1 Å². The first-order chi connectivity index (χ1) is 14.2. The minimum atomic E-state index is -2.07. The SMILES string of the molecule is OB(Oc1cccc2c(F)c(F)c(F)c(F)c12)c1ccc(F)c2c(F)c(F)ccc12. The molecule has 4 rings (SSSR count). The molecule has 0 aliphatic carbocycles. The van der Waals surface area contributed by atoms with Crippen LogP contribution in [0.3, 0.4) is 0 Å². The molecule has 0 radical (unpaired) electrons. The van der Waals surface area contributed by atoms with E-state index in [1.807, 2.05) is 0 Å². The lowest BCUT2D eigenvalue weighted by atomic mass is 9.76. The van der Waals surface area contributed by atoms with Crippen LogP contribution in [0.25, 0.3) is 21.5 Å². The first-order valence-electron chi connectivity index (χ1n) is 8.37. The minimum Gasteiger partial charge on any atom is -0.532 e. The molecule has 0 aromatic heterocycles. The topological polar surface area (TPSA) is 29.5 Å². The number of hydrogen-bond donors (Lipinski definition) is 1. The lowest BCUT2D eigenvalue weighted by Crippen LogP contribution is -2.37. The average Bonchev–Trinajstić information content (AvgIpc) is 2.73. The van der Waals surface area contributed by atoms with Gasteiger partial charge in [0.05, 0.1) is 10.8 Å². The van der Waals surface area contributed by atoms with Gasteiger partial charge in [-0.2, -0.15) is 0 Å². The summed E-state index contributed by atoms with van der Waals surface area (Å²) in [5.74, 6) is -12.0. The molecule has 4 aromatic carbocycles. The van der Waals surface area contributed by atoms with Crippen molar-refractivity contribution in [3.63, 3.8) is 0 Å². The molecule has 0 unspecified atom stereocenters. The fraction of sp³-hybridized carbons (Fsp3) is 0. The molecule has 0 bridgehead atoms. The predicted octanol–water partition coefficient (Wildman–Crippen LogP) is 4.73. The third kappa shape index (κ3) is 2.95. The van der Waals surface area contributed by atoms with Gasteiger partial charge in [-0.3, -0.25) is 0 Å². The molecule has 0 spiro atoms. The second-order valence-corrected chi connectivity index (χ2v) is 6.33. The maximum atomic E-state index is 14.3. The van der Waals surface area contributed by atoms with Gasteiger partial charge in [-0.1, -0.05) is 24.3 Å². The van der Waals surface area contributed by atoms with Crippen molar-refractivity contribution >= 4 is 34.1 Å². The zero-order valence-electron chi connectivity index (χ0n) is 14.6. The Balaban J connectivity index is 1.87. The van der Waals surface area contributed by atoms with Crippen LogP contribution in [0.5, 0.6) is 5.75 Å². The monoisotopic (exact) mass is 424 g/mol. The molecule has 0 saturated carbocycles. The van der Waals surface area contributed by atoms with Gasteiger partial charge < -0.3 is 9.68 Å². The zero-order chi connectivity index (χ0) is 21.7. The van der Waals surface area contributed by atoms with E-state index in [-0.39, 0.29) is 10.8 Å². The average molecular weight is 424 g/mol. The number of halogens is 7. The van der Waals surface area contributed by atoms with Crippen molar-refractivity contribution in [2.75, 3.05) is 0 Å². The van der Waals surface area contributed by atoms with Gasteiger partial charge in [0.2, 0.25) is 0 Å². The largest absolute Gasteiger partial charge is 0.560 e. The third-order valence-electron chi connectivity index (χ3n) is 4.62. The second-order valence-electron chi connectivity index (χ2n) is 6.33. The molecule has 0 aliphatic rings. The Kier molecular flexibility index (Phi) is 4.81. The van der Waals surface area contributed by atoms with Gasteiger partial charge in [0.25, 0.3) is 0 Å². The molecular weight excluding hydrogens is 416 g/mol. The molecule has 4 aromatic rings. The van der Waals surface area contributed by atoms with Gasteiger partial charge in [-0.25, -0.2) is 30.7 Å². The summed E-state index contributed by atoms with van der Waals surface area (Å²) >= 11 is 0. The van der Waals surface area contributed by atoms with E-state index in [1.165, 1.54) is 0 Å². The van der Waals surface area contributed by atoms with Gasteiger partial charge in [0.1, 0.15) is 11.6 Å². The van der Waals surface area contributed by atoms with E-state index in [9.17, 15) is 35.8 Å². The highest BCUT2D eigenvalue weighted by Crippen LogP contribution is 2.33. The van der Waals surface area contributed by atoms with Crippen LogP contribution >= 0.6 is 0 Å². The second kappa shape index (κ2) is 7.21. The molecule has 0 fully saturated rings. The Morgan fingerprint density at radius 3 is 2.00 bits per heavy atom. The van der Waals surface area contributed by atoms with Gasteiger partial charge in [0.15, 0.2) is 34.9 Å². The van der Waals surface area contributed by atoms with Crippen LogP contribution in [0, 0.1) is 40.7 Å². The van der Waals surface area contributed by atoms with Crippen LogP contribution in [-0.2, 0) is 0 Å². The molecule has 0 heterocycles. The van der Waals surface area contributed by atoms with E-state index < -0.39 is 69.7 Å². The summed E-state index contributed by atoms with van der Waals surface area (Å²) in [6.07, 6.45) is 0. The van der Waals surface area contributed by atoms with E-state index in [0.717, 1.165) is 36.4 Å². The van der Waals surface area contributed by atoms with Crippen molar-refractivity contribution in [3.05, 3.63) is 83.2 Å². The highest BCUT2D eigenvalue weighted by Gasteiger charge is 2.28. The molecule has 10 heteroatoms. The van der Waals surface area contributed by atoms with Crippen LogP contribution in [0.4, 0.5) is 30.7 Å². The fourth-order valence-electron chi connectivity index (χ4n) is 3.22. The normalized spacial score (nSPS) is 11.3. The summed E-state index contributed by atoms with van der Waals surface area (Å²) in [6.45, 7) is 0. The Bertz CT molecular complexity index is 1330. The van der Waals surface area contributed by atoms with E-state index in [0.29, 0.717) is 6.07 Å². The summed E-state index contributed by atoms with van der Waals surface area (Å²) in [6, 6.07) is 6.64. The number of benzene rings is 4. The third-order valence-corrected chi connectivity index (χ3v) is 4.62. The Morgan fingerprint density at radius 2 is 1.27 bits per heavy atom. The maximum absolute atomic E-state index is 14.3. The number of fused-ring (bicyclic) bond motifs is 2. The molecular formula is C20H8BF7O2. The quantitative estimate of drug-likeness (QED) is 0.223. The smallest absolute Gasteiger partial charge is 0.532 e.